The lowest BCUT2D eigenvalue weighted by Gasteiger charge is -2.19. The monoisotopic (exact) mass is 212 g/mol. The van der Waals surface area contributed by atoms with E-state index in [1.807, 2.05) is 11.9 Å². The minimum Gasteiger partial charge on any atom is -0.390 e. The molecule has 0 aliphatic rings. The molecule has 1 atom stereocenters. The van der Waals surface area contributed by atoms with Crippen molar-refractivity contribution < 1.29 is 9.50 Å². The molecule has 84 valence electrons. The van der Waals surface area contributed by atoms with E-state index in [0.29, 0.717) is 13.1 Å². The zero-order valence-electron chi connectivity index (χ0n) is 8.86. The third kappa shape index (κ3) is 4.38. The standard InChI is InChI=1S/C11H17FN2O/c1-14(8-11(15)6-13)7-9-2-4-10(12)5-3-9/h2-5,11,15H,6-8,13H2,1H3. The molecule has 0 aliphatic heterocycles. The Morgan fingerprint density at radius 3 is 2.53 bits per heavy atom. The van der Waals surface area contributed by atoms with Gasteiger partial charge in [0.1, 0.15) is 5.82 Å². The van der Waals surface area contributed by atoms with Crippen molar-refractivity contribution in [2.45, 2.75) is 12.6 Å². The van der Waals surface area contributed by atoms with E-state index in [4.69, 9.17) is 5.73 Å². The van der Waals surface area contributed by atoms with Gasteiger partial charge in [0.15, 0.2) is 0 Å². The number of rotatable bonds is 5. The van der Waals surface area contributed by atoms with Gasteiger partial charge in [0.25, 0.3) is 0 Å². The quantitative estimate of drug-likeness (QED) is 0.750. The maximum absolute atomic E-state index is 12.6. The lowest BCUT2D eigenvalue weighted by Crippen LogP contribution is -2.33. The molecule has 1 rings (SSSR count). The molecule has 0 radical (unpaired) electrons. The van der Waals surface area contributed by atoms with Crippen LogP contribution in [0.15, 0.2) is 24.3 Å². The summed E-state index contributed by atoms with van der Waals surface area (Å²) in [5, 5.41) is 9.32. The average Bonchev–Trinajstić information content (AvgIpc) is 2.21. The van der Waals surface area contributed by atoms with Crippen molar-refractivity contribution in [1.29, 1.82) is 0 Å². The molecule has 3 nitrogen and oxygen atoms in total. The topological polar surface area (TPSA) is 49.5 Å². The fourth-order valence-corrected chi connectivity index (χ4v) is 1.40. The zero-order valence-corrected chi connectivity index (χ0v) is 8.86. The second-order valence-electron chi connectivity index (χ2n) is 3.71. The molecule has 1 aromatic carbocycles. The Morgan fingerprint density at radius 2 is 2.00 bits per heavy atom. The van der Waals surface area contributed by atoms with Crippen LogP contribution < -0.4 is 5.73 Å². The Kier molecular flexibility index (Phi) is 4.68. The summed E-state index contributed by atoms with van der Waals surface area (Å²) in [4.78, 5) is 1.95. The van der Waals surface area contributed by atoms with Gasteiger partial charge < -0.3 is 10.8 Å². The second-order valence-corrected chi connectivity index (χ2v) is 3.71. The predicted molar refractivity (Wildman–Crippen MR) is 57.8 cm³/mol. The van der Waals surface area contributed by atoms with Crippen LogP contribution in [0.1, 0.15) is 5.56 Å². The number of hydrogen-bond acceptors (Lipinski definition) is 3. The second kappa shape index (κ2) is 5.80. The van der Waals surface area contributed by atoms with E-state index in [9.17, 15) is 9.50 Å². The van der Waals surface area contributed by atoms with Crippen LogP contribution >= 0.6 is 0 Å². The van der Waals surface area contributed by atoms with Gasteiger partial charge in [-0.05, 0) is 24.7 Å². The fraction of sp³-hybridized carbons (Fsp3) is 0.455. The van der Waals surface area contributed by atoms with Gasteiger partial charge in [-0.3, -0.25) is 4.90 Å². The number of aliphatic hydroxyl groups is 1. The first-order chi connectivity index (χ1) is 7.11. The summed E-state index contributed by atoms with van der Waals surface area (Å²) in [6, 6.07) is 6.34. The molecule has 0 saturated heterocycles. The van der Waals surface area contributed by atoms with Crippen molar-refractivity contribution in [2.24, 2.45) is 5.73 Å². The molecule has 3 N–H and O–H groups in total. The average molecular weight is 212 g/mol. The first-order valence-electron chi connectivity index (χ1n) is 4.93. The third-order valence-electron chi connectivity index (χ3n) is 2.16. The van der Waals surface area contributed by atoms with E-state index in [1.165, 1.54) is 12.1 Å². The van der Waals surface area contributed by atoms with Gasteiger partial charge in [-0.15, -0.1) is 0 Å². The van der Waals surface area contributed by atoms with Gasteiger partial charge in [-0.25, -0.2) is 4.39 Å². The molecule has 0 aliphatic carbocycles. The van der Waals surface area contributed by atoms with E-state index in [1.54, 1.807) is 12.1 Å². The maximum atomic E-state index is 12.6. The van der Waals surface area contributed by atoms with E-state index >= 15 is 0 Å². The van der Waals surface area contributed by atoms with E-state index in [-0.39, 0.29) is 12.4 Å². The molecule has 0 spiro atoms. The van der Waals surface area contributed by atoms with Crippen molar-refractivity contribution in [3.05, 3.63) is 35.6 Å². The number of likely N-dealkylation sites (N-methyl/N-ethyl adjacent to an activating group) is 1. The van der Waals surface area contributed by atoms with Gasteiger partial charge in [0.2, 0.25) is 0 Å². The molecule has 0 heterocycles. The maximum Gasteiger partial charge on any atom is 0.123 e. The highest BCUT2D eigenvalue weighted by Crippen LogP contribution is 2.05. The van der Waals surface area contributed by atoms with Gasteiger partial charge in [0, 0.05) is 19.6 Å². The van der Waals surface area contributed by atoms with Crippen LogP contribution in [0.4, 0.5) is 4.39 Å². The molecule has 0 bridgehead atoms. The van der Waals surface area contributed by atoms with Crippen LogP contribution in [0.25, 0.3) is 0 Å². The SMILES string of the molecule is CN(Cc1ccc(F)cc1)CC(O)CN. The normalized spacial score (nSPS) is 13.1. The summed E-state index contributed by atoms with van der Waals surface area (Å²) in [5.41, 5.74) is 6.32. The molecule has 0 saturated carbocycles. The summed E-state index contributed by atoms with van der Waals surface area (Å²) < 4.78 is 12.6. The Bertz CT molecular complexity index is 289. The van der Waals surface area contributed by atoms with Crippen LogP contribution in [-0.2, 0) is 6.54 Å². The van der Waals surface area contributed by atoms with E-state index < -0.39 is 6.10 Å². The molecule has 15 heavy (non-hydrogen) atoms. The highest BCUT2D eigenvalue weighted by molar-refractivity contribution is 5.15. The van der Waals surface area contributed by atoms with Crippen LogP contribution in [0.3, 0.4) is 0 Å². The van der Waals surface area contributed by atoms with Crippen molar-refractivity contribution in [1.82, 2.24) is 4.90 Å². The molecule has 1 aromatic rings. The number of benzene rings is 1. The molecular formula is C11H17FN2O. The Labute approximate surface area is 89.3 Å². The van der Waals surface area contributed by atoms with Gasteiger partial charge >= 0.3 is 0 Å². The van der Waals surface area contributed by atoms with Gasteiger partial charge in [-0.1, -0.05) is 12.1 Å². The van der Waals surface area contributed by atoms with Crippen LogP contribution in [0.2, 0.25) is 0 Å². The highest BCUT2D eigenvalue weighted by Gasteiger charge is 2.06. The lowest BCUT2D eigenvalue weighted by molar-refractivity contribution is 0.129. The third-order valence-corrected chi connectivity index (χ3v) is 2.16. The highest BCUT2D eigenvalue weighted by atomic mass is 19.1. The van der Waals surface area contributed by atoms with Crippen molar-refractivity contribution >= 4 is 0 Å². The van der Waals surface area contributed by atoms with Gasteiger partial charge in [-0.2, -0.15) is 0 Å². The fourth-order valence-electron chi connectivity index (χ4n) is 1.40. The molecule has 0 aromatic heterocycles. The minimum absolute atomic E-state index is 0.233. The number of aliphatic hydroxyl groups excluding tert-OH is 1. The summed E-state index contributed by atoms with van der Waals surface area (Å²) in [6.45, 7) is 1.46. The van der Waals surface area contributed by atoms with Crippen LogP contribution in [-0.4, -0.2) is 36.2 Å². The van der Waals surface area contributed by atoms with Crippen LogP contribution in [0, 0.1) is 5.82 Å². The summed E-state index contributed by atoms with van der Waals surface area (Å²) in [6.07, 6.45) is -0.504. The summed E-state index contributed by atoms with van der Waals surface area (Å²) >= 11 is 0. The first-order valence-corrected chi connectivity index (χ1v) is 4.93. The molecular weight excluding hydrogens is 195 g/mol. The first kappa shape index (κ1) is 12.1. The van der Waals surface area contributed by atoms with Gasteiger partial charge in [0.05, 0.1) is 6.10 Å². The summed E-state index contributed by atoms with van der Waals surface area (Å²) in [5.74, 6) is -0.233. The molecule has 0 fully saturated rings. The Balaban J connectivity index is 2.44. The van der Waals surface area contributed by atoms with Crippen LogP contribution in [0.5, 0.6) is 0 Å². The molecule has 4 heteroatoms. The van der Waals surface area contributed by atoms with Crippen molar-refractivity contribution in [3.63, 3.8) is 0 Å². The predicted octanol–water partition coefficient (Wildman–Crippen LogP) is 0.577. The van der Waals surface area contributed by atoms with E-state index in [0.717, 1.165) is 5.56 Å². The summed E-state index contributed by atoms with van der Waals surface area (Å²) in [7, 11) is 1.89. The minimum atomic E-state index is -0.504. The zero-order chi connectivity index (χ0) is 11.3. The lowest BCUT2D eigenvalue weighted by atomic mass is 10.2. The smallest absolute Gasteiger partial charge is 0.123 e. The molecule has 0 amide bonds. The number of halogens is 1. The number of nitrogens with two attached hydrogens (primary N) is 1. The van der Waals surface area contributed by atoms with Crippen molar-refractivity contribution in [2.75, 3.05) is 20.1 Å². The Morgan fingerprint density at radius 1 is 1.40 bits per heavy atom. The molecule has 1 unspecified atom stereocenters. The van der Waals surface area contributed by atoms with E-state index in [2.05, 4.69) is 0 Å². The van der Waals surface area contributed by atoms with Crippen molar-refractivity contribution in [3.8, 4) is 0 Å². The largest absolute Gasteiger partial charge is 0.390 e. The number of hydrogen-bond donors (Lipinski definition) is 2. The number of nitrogens with zero attached hydrogens (tertiary/aromatic N) is 1. The Hall–Kier alpha value is -0.970.